The Morgan fingerprint density at radius 3 is 2.85 bits per heavy atom. The highest BCUT2D eigenvalue weighted by Crippen LogP contribution is 2.18. The van der Waals surface area contributed by atoms with E-state index in [0.717, 1.165) is 37.9 Å². The maximum Gasteiger partial charge on any atom is 0.261 e. The summed E-state index contributed by atoms with van der Waals surface area (Å²) in [5.41, 5.74) is 6.92. The molecule has 7 heteroatoms. The molecule has 1 aromatic heterocycles. The maximum absolute atomic E-state index is 13.0. The minimum atomic E-state index is -0.0616. The molecule has 3 rings (SSSR count). The molecule has 1 amide bonds. The number of hydrogen-bond donors (Lipinski definition) is 2. The molecule has 1 fully saturated rings. The first-order valence-corrected chi connectivity index (χ1v) is 9.39. The Morgan fingerprint density at radius 2 is 2.07 bits per heavy atom. The van der Waals surface area contributed by atoms with Crippen LogP contribution in [0.1, 0.15) is 30.7 Å². The van der Waals surface area contributed by atoms with Crippen molar-refractivity contribution in [3.05, 3.63) is 47.9 Å². The number of amides is 1. The van der Waals surface area contributed by atoms with E-state index in [2.05, 4.69) is 15.3 Å². The van der Waals surface area contributed by atoms with Gasteiger partial charge in [-0.25, -0.2) is 9.97 Å². The number of aryl methyl sites for hydroxylation is 1. The van der Waals surface area contributed by atoms with Gasteiger partial charge in [0.05, 0.1) is 6.54 Å². The van der Waals surface area contributed by atoms with Gasteiger partial charge >= 0.3 is 0 Å². The molecule has 27 heavy (non-hydrogen) atoms. The van der Waals surface area contributed by atoms with E-state index in [1.807, 2.05) is 36.1 Å². The molecule has 0 aliphatic carbocycles. The number of hydrogen-bond acceptors (Lipinski definition) is 6. The van der Waals surface area contributed by atoms with E-state index < -0.39 is 0 Å². The molecule has 3 N–H and O–H groups in total. The monoisotopic (exact) mass is 369 g/mol. The Balaban J connectivity index is 1.70. The zero-order chi connectivity index (χ0) is 19.1. The van der Waals surface area contributed by atoms with E-state index in [4.69, 9.17) is 10.5 Å². The summed E-state index contributed by atoms with van der Waals surface area (Å²) in [4.78, 5) is 23.3. The average Bonchev–Trinajstić information content (AvgIpc) is 2.95. The number of nitrogens with zero attached hydrogens (tertiary/aromatic N) is 3. The molecule has 0 bridgehead atoms. The molecule has 2 heterocycles. The van der Waals surface area contributed by atoms with Crippen molar-refractivity contribution in [1.82, 2.24) is 20.2 Å². The zero-order valence-electron chi connectivity index (χ0n) is 15.7. The van der Waals surface area contributed by atoms with Gasteiger partial charge in [0.15, 0.2) is 6.61 Å². The summed E-state index contributed by atoms with van der Waals surface area (Å²) in [6.07, 6.45) is 4.51. The standard InChI is InChI=1S/C20H27N5O2/c1-15-4-6-17(7-5-15)27-14-20(26)25(16-3-2-10-22-11-8-16)13-19-23-12-9-18(21)24-19/h4-7,9,12,16,22H,2-3,8,10-11,13-14H2,1H3,(H2,21,23,24). The zero-order valence-corrected chi connectivity index (χ0v) is 15.7. The third kappa shape index (κ3) is 5.65. The molecule has 0 spiro atoms. The largest absolute Gasteiger partial charge is 0.484 e. The molecule has 7 nitrogen and oxygen atoms in total. The van der Waals surface area contributed by atoms with Crippen molar-refractivity contribution >= 4 is 11.7 Å². The number of nitrogen functional groups attached to an aromatic ring is 1. The fourth-order valence-corrected chi connectivity index (χ4v) is 3.24. The number of nitrogens with two attached hydrogens (primary N) is 1. The van der Waals surface area contributed by atoms with Gasteiger partial charge < -0.3 is 20.7 Å². The predicted molar refractivity (Wildman–Crippen MR) is 104 cm³/mol. The smallest absolute Gasteiger partial charge is 0.261 e. The number of carbonyl (C=O) groups excluding carboxylic acids is 1. The summed E-state index contributed by atoms with van der Waals surface area (Å²) in [5.74, 6) is 1.59. The molecule has 1 atom stereocenters. The van der Waals surface area contributed by atoms with Crippen molar-refractivity contribution in [3.63, 3.8) is 0 Å². The maximum atomic E-state index is 13.0. The first-order valence-electron chi connectivity index (χ1n) is 9.39. The van der Waals surface area contributed by atoms with Gasteiger partial charge in [0.1, 0.15) is 17.4 Å². The highest BCUT2D eigenvalue weighted by atomic mass is 16.5. The Morgan fingerprint density at radius 1 is 1.26 bits per heavy atom. The Hall–Kier alpha value is -2.67. The summed E-state index contributed by atoms with van der Waals surface area (Å²) in [6, 6.07) is 9.47. The lowest BCUT2D eigenvalue weighted by molar-refractivity contribution is -0.136. The second kappa shape index (κ2) is 9.32. The van der Waals surface area contributed by atoms with Crippen molar-refractivity contribution in [2.45, 2.75) is 38.8 Å². The van der Waals surface area contributed by atoms with Gasteiger partial charge in [-0.3, -0.25) is 4.79 Å². The summed E-state index contributed by atoms with van der Waals surface area (Å²) in [5, 5.41) is 3.39. The van der Waals surface area contributed by atoms with Gasteiger partial charge in [0.25, 0.3) is 5.91 Å². The van der Waals surface area contributed by atoms with E-state index >= 15 is 0 Å². The molecule has 144 valence electrons. The van der Waals surface area contributed by atoms with Crippen LogP contribution in [0.15, 0.2) is 36.5 Å². The Labute approximate surface area is 159 Å². The second-order valence-electron chi connectivity index (χ2n) is 6.86. The van der Waals surface area contributed by atoms with Crippen molar-refractivity contribution in [1.29, 1.82) is 0 Å². The van der Waals surface area contributed by atoms with Crippen LogP contribution in [0, 0.1) is 6.92 Å². The second-order valence-corrected chi connectivity index (χ2v) is 6.86. The number of anilines is 1. The molecular formula is C20H27N5O2. The lowest BCUT2D eigenvalue weighted by Gasteiger charge is -2.30. The van der Waals surface area contributed by atoms with Crippen LogP contribution in [-0.2, 0) is 11.3 Å². The number of ether oxygens (including phenoxy) is 1. The average molecular weight is 369 g/mol. The number of aromatic nitrogens is 2. The summed E-state index contributed by atoms with van der Waals surface area (Å²) in [7, 11) is 0. The molecule has 2 aromatic rings. The van der Waals surface area contributed by atoms with Crippen LogP contribution in [0.4, 0.5) is 5.82 Å². The molecule has 0 saturated carbocycles. The number of benzene rings is 1. The lowest BCUT2D eigenvalue weighted by atomic mass is 10.1. The van der Waals surface area contributed by atoms with Gasteiger partial charge in [-0.15, -0.1) is 0 Å². The molecule has 0 radical (unpaired) electrons. The van der Waals surface area contributed by atoms with Gasteiger partial charge in [-0.2, -0.15) is 0 Å². The quantitative estimate of drug-likeness (QED) is 0.808. The first kappa shape index (κ1) is 19.1. The van der Waals surface area contributed by atoms with E-state index in [1.54, 1.807) is 12.3 Å². The minimum absolute atomic E-state index is 0.00466. The molecular weight excluding hydrogens is 342 g/mol. The van der Waals surface area contributed by atoms with Crippen LogP contribution < -0.4 is 15.8 Å². The van der Waals surface area contributed by atoms with Crippen LogP contribution in [0.3, 0.4) is 0 Å². The van der Waals surface area contributed by atoms with Crippen LogP contribution in [0.5, 0.6) is 5.75 Å². The highest BCUT2D eigenvalue weighted by Gasteiger charge is 2.26. The molecule has 1 aliphatic rings. The molecule has 1 aromatic carbocycles. The minimum Gasteiger partial charge on any atom is -0.484 e. The summed E-state index contributed by atoms with van der Waals surface area (Å²) >= 11 is 0. The van der Waals surface area contributed by atoms with Crippen molar-refractivity contribution < 1.29 is 9.53 Å². The predicted octanol–water partition coefficient (Wildman–Crippen LogP) is 1.92. The third-order valence-electron chi connectivity index (χ3n) is 4.73. The van der Waals surface area contributed by atoms with Crippen LogP contribution >= 0.6 is 0 Å². The van der Waals surface area contributed by atoms with E-state index in [1.165, 1.54) is 0 Å². The number of nitrogens with one attached hydrogen (secondary N) is 1. The molecule has 1 aliphatic heterocycles. The fourth-order valence-electron chi connectivity index (χ4n) is 3.24. The molecule has 1 saturated heterocycles. The Bertz CT molecular complexity index is 742. The molecule has 1 unspecified atom stereocenters. The van der Waals surface area contributed by atoms with E-state index in [9.17, 15) is 4.79 Å². The van der Waals surface area contributed by atoms with E-state index in [-0.39, 0.29) is 18.6 Å². The third-order valence-corrected chi connectivity index (χ3v) is 4.73. The van der Waals surface area contributed by atoms with Crippen LogP contribution in [-0.4, -0.2) is 46.5 Å². The summed E-state index contributed by atoms with van der Waals surface area (Å²) in [6.45, 7) is 4.22. The number of rotatable bonds is 6. The fraction of sp³-hybridized carbons (Fsp3) is 0.450. The van der Waals surface area contributed by atoms with Crippen LogP contribution in [0.2, 0.25) is 0 Å². The van der Waals surface area contributed by atoms with Crippen LogP contribution in [0.25, 0.3) is 0 Å². The Kier molecular flexibility index (Phi) is 6.59. The summed E-state index contributed by atoms with van der Waals surface area (Å²) < 4.78 is 5.71. The SMILES string of the molecule is Cc1ccc(OCC(=O)N(Cc2nccc(N)n2)C2CCCNCC2)cc1. The van der Waals surface area contributed by atoms with Gasteiger partial charge in [0.2, 0.25) is 0 Å². The first-order chi connectivity index (χ1) is 13.1. The lowest BCUT2D eigenvalue weighted by Crippen LogP contribution is -2.43. The van der Waals surface area contributed by atoms with Gasteiger partial charge in [0, 0.05) is 12.2 Å². The van der Waals surface area contributed by atoms with Gasteiger partial charge in [-0.1, -0.05) is 17.7 Å². The van der Waals surface area contributed by atoms with Crippen molar-refractivity contribution in [2.75, 3.05) is 25.4 Å². The topological polar surface area (TPSA) is 93.4 Å². The van der Waals surface area contributed by atoms with Crippen molar-refractivity contribution in [2.24, 2.45) is 0 Å². The van der Waals surface area contributed by atoms with E-state index in [0.29, 0.717) is 23.9 Å². The van der Waals surface area contributed by atoms with Crippen molar-refractivity contribution in [3.8, 4) is 5.75 Å². The normalized spacial score (nSPS) is 17.1. The highest BCUT2D eigenvalue weighted by molar-refractivity contribution is 5.78. The van der Waals surface area contributed by atoms with Gasteiger partial charge in [-0.05, 0) is 57.5 Å². The number of carbonyl (C=O) groups is 1.